The first-order valence-corrected chi connectivity index (χ1v) is 13.3. The van der Waals surface area contributed by atoms with Gasteiger partial charge in [0.25, 0.3) is 5.91 Å². The Morgan fingerprint density at radius 3 is 2.38 bits per heavy atom. The fraction of sp³-hybridized carbons (Fsp3) is 0.417. The maximum absolute atomic E-state index is 14.1. The molecule has 1 N–H and O–H groups in total. The molecule has 1 saturated heterocycles. The van der Waals surface area contributed by atoms with Crippen LogP contribution >= 0.6 is 11.6 Å². The van der Waals surface area contributed by atoms with Gasteiger partial charge in [-0.15, -0.1) is 0 Å². The van der Waals surface area contributed by atoms with Crippen molar-refractivity contribution >= 4 is 33.3 Å². The molecule has 2 amide bonds. The molecule has 1 heterocycles. The van der Waals surface area contributed by atoms with Crippen molar-refractivity contribution in [2.75, 3.05) is 12.8 Å². The SMILES string of the molecule is C[C@@H]1C[C@H](C(=O)N[C@@H](c2cc(F)c(Cl)c(F)c2)C2CC2)N(C(=O)c2cccc(S(C)(=O)=O)c2)C1. The van der Waals surface area contributed by atoms with Crippen LogP contribution in [0.3, 0.4) is 0 Å². The second-order valence-corrected chi connectivity index (χ2v) is 11.6. The van der Waals surface area contributed by atoms with Crippen LogP contribution in [0.1, 0.15) is 48.1 Å². The molecule has 182 valence electrons. The van der Waals surface area contributed by atoms with E-state index in [1.54, 1.807) is 0 Å². The lowest BCUT2D eigenvalue weighted by molar-refractivity contribution is -0.125. The number of benzene rings is 2. The summed E-state index contributed by atoms with van der Waals surface area (Å²) in [7, 11) is -3.50. The first-order chi connectivity index (χ1) is 16.0. The second-order valence-electron chi connectivity index (χ2n) is 9.24. The third-order valence-corrected chi connectivity index (χ3v) is 7.81. The summed E-state index contributed by atoms with van der Waals surface area (Å²) in [6.45, 7) is 2.25. The molecule has 2 fully saturated rings. The highest BCUT2D eigenvalue weighted by Gasteiger charge is 2.41. The number of carbonyl (C=O) groups is 2. The van der Waals surface area contributed by atoms with Crippen molar-refractivity contribution in [1.82, 2.24) is 10.2 Å². The van der Waals surface area contributed by atoms with Gasteiger partial charge in [-0.3, -0.25) is 9.59 Å². The molecule has 10 heteroatoms. The van der Waals surface area contributed by atoms with Crippen molar-refractivity contribution in [3.8, 4) is 0 Å². The molecular weight excluding hydrogens is 486 g/mol. The molecule has 0 radical (unpaired) electrons. The largest absolute Gasteiger partial charge is 0.347 e. The van der Waals surface area contributed by atoms with Gasteiger partial charge >= 0.3 is 0 Å². The molecule has 2 aliphatic rings. The minimum Gasteiger partial charge on any atom is -0.347 e. The lowest BCUT2D eigenvalue weighted by Crippen LogP contribution is -2.47. The summed E-state index contributed by atoms with van der Waals surface area (Å²) in [5.74, 6) is -2.56. The fourth-order valence-electron chi connectivity index (χ4n) is 4.45. The van der Waals surface area contributed by atoms with E-state index in [0.717, 1.165) is 31.2 Å². The molecule has 34 heavy (non-hydrogen) atoms. The quantitative estimate of drug-likeness (QED) is 0.592. The number of sulfone groups is 1. The van der Waals surface area contributed by atoms with Gasteiger partial charge in [-0.25, -0.2) is 17.2 Å². The van der Waals surface area contributed by atoms with E-state index in [-0.39, 0.29) is 22.3 Å². The fourth-order valence-corrected chi connectivity index (χ4v) is 5.23. The lowest BCUT2D eigenvalue weighted by Gasteiger charge is -2.27. The smallest absolute Gasteiger partial charge is 0.254 e. The van der Waals surface area contributed by atoms with Crippen molar-refractivity contribution < 1.29 is 26.8 Å². The molecular formula is C24H25ClF2N2O4S. The predicted molar refractivity (Wildman–Crippen MR) is 123 cm³/mol. The number of amides is 2. The molecule has 2 aromatic carbocycles. The zero-order valence-electron chi connectivity index (χ0n) is 18.7. The van der Waals surface area contributed by atoms with Crippen LogP contribution in [0.5, 0.6) is 0 Å². The average Bonchev–Trinajstić information content (AvgIpc) is 3.55. The van der Waals surface area contributed by atoms with Crippen LogP contribution in [0.25, 0.3) is 0 Å². The van der Waals surface area contributed by atoms with E-state index in [1.807, 2.05) is 6.92 Å². The Bertz CT molecular complexity index is 1230. The molecule has 4 rings (SSSR count). The highest BCUT2D eigenvalue weighted by molar-refractivity contribution is 7.90. The van der Waals surface area contributed by atoms with E-state index in [4.69, 9.17) is 11.6 Å². The Hall–Kier alpha value is -2.52. The van der Waals surface area contributed by atoms with Crippen molar-refractivity contribution in [2.24, 2.45) is 11.8 Å². The number of nitrogens with one attached hydrogen (secondary N) is 1. The summed E-state index contributed by atoms with van der Waals surface area (Å²) in [6, 6.07) is 6.60. The maximum Gasteiger partial charge on any atom is 0.254 e. The van der Waals surface area contributed by atoms with Gasteiger partial charge < -0.3 is 10.2 Å². The van der Waals surface area contributed by atoms with Gasteiger partial charge in [0.1, 0.15) is 22.7 Å². The van der Waals surface area contributed by atoms with Gasteiger partial charge in [0.15, 0.2) is 9.84 Å². The Labute approximate surface area is 202 Å². The number of hydrogen-bond acceptors (Lipinski definition) is 4. The van der Waals surface area contributed by atoms with E-state index < -0.39 is 50.4 Å². The van der Waals surface area contributed by atoms with E-state index in [2.05, 4.69) is 5.32 Å². The van der Waals surface area contributed by atoms with Gasteiger partial charge in [0.05, 0.1) is 10.9 Å². The van der Waals surface area contributed by atoms with Crippen molar-refractivity contribution in [3.05, 3.63) is 64.2 Å². The summed E-state index contributed by atoms with van der Waals surface area (Å²) in [5.41, 5.74) is 0.468. The van der Waals surface area contributed by atoms with Crippen LogP contribution in [-0.4, -0.2) is 44.0 Å². The molecule has 3 atom stereocenters. The third kappa shape index (κ3) is 5.10. The molecule has 6 nitrogen and oxygen atoms in total. The van der Waals surface area contributed by atoms with Crippen LogP contribution in [0.4, 0.5) is 8.78 Å². The van der Waals surface area contributed by atoms with Crippen molar-refractivity contribution in [3.63, 3.8) is 0 Å². The number of carbonyl (C=O) groups excluding carboxylic acids is 2. The first kappa shape index (κ1) is 24.6. The van der Waals surface area contributed by atoms with Gasteiger partial charge in [-0.05, 0) is 67.0 Å². The number of likely N-dealkylation sites (tertiary alicyclic amines) is 1. The molecule has 1 saturated carbocycles. The monoisotopic (exact) mass is 510 g/mol. The van der Waals surface area contributed by atoms with Gasteiger partial charge in [0.2, 0.25) is 5.91 Å². The average molecular weight is 511 g/mol. The topological polar surface area (TPSA) is 83.6 Å². The Morgan fingerprint density at radius 2 is 1.79 bits per heavy atom. The van der Waals surface area contributed by atoms with Crippen molar-refractivity contribution in [2.45, 2.75) is 43.2 Å². The first-order valence-electron chi connectivity index (χ1n) is 11.0. The van der Waals surface area contributed by atoms with Crippen LogP contribution < -0.4 is 5.32 Å². The van der Waals surface area contributed by atoms with Crippen LogP contribution in [0, 0.1) is 23.5 Å². The molecule has 0 unspecified atom stereocenters. The summed E-state index contributed by atoms with van der Waals surface area (Å²) >= 11 is 5.61. The van der Waals surface area contributed by atoms with Crippen LogP contribution in [0.15, 0.2) is 41.3 Å². The summed E-state index contributed by atoms with van der Waals surface area (Å²) in [4.78, 5) is 28.0. The highest BCUT2D eigenvalue weighted by Crippen LogP contribution is 2.42. The number of nitrogens with zero attached hydrogens (tertiary/aromatic N) is 1. The molecule has 2 aromatic rings. The minimum absolute atomic E-state index is 0.0205. The van der Waals surface area contributed by atoms with Gasteiger partial charge in [-0.1, -0.05) is 24.6 Å². The van der Waals surface area contributed by atoms with Crippen LogP contribution in [0.2, 0.25) is 5.02 Å². The zero-order chi connectivity index (χ0) is 24.8. The van der Waals surface area contributed by atoms with Gasteiger partial charge in [0, 0.05) is 18.4 Å². The Morgan fingerprint density at radius 1 is 1.15 bits per heavy atom. The van der Waals surface area contributed by atoms with E-state index in [1.165, 1.54) is 29.2 Å². The Balaban J connectivity index is 1.58. The Kier molecular flexibility index (Phi) is 6.70. The third-order valence-electron chi connectivity index (χ3n) is 6.34. The van der Waals surface area contributed by atoms with E-state index in [0.29, 0.717) is 18.5 Å². The van der Waals surface area contributed by atoms with E-state index in [9.17, 15) is 26.8 Å². The second kappa shape index (κ2) is 9.26. The number of halogens is 3. The molecule has 0 aromatic heterocycles. The van der Waals surface area contributed by atoms with Crippen molar-refractivity contribution in [1.29, 1.82) is 0 Å². The number of rotatable bonds is 6. The van der Waals surface area contributed by atoms with Crippen LogP contribution in [-0.2, 0) is 14.6 Å². The summed E-state index contributed by atoms with van der Waals surface area (Å²) in [6.07, 6.45) is 3.09. The number of hydrogen-bond donors (Lipinski definition) is 1. The molecule has 1 aliphatic heterocycles. The molecule has 0 spiro atoms. The summed E-state index contributed by atoms with van der Waals surface area (Å²) in [5, 5.41) is 2.30. The maximum atomic E-state index is 14.1. The van der Waals surface area contributed by atoms with Gasteiger partial charge in [-0.2, -0.15) is 0 Å². The molecule has 1 aliphatic carbocycles. The van der Waals surface area contributed by atoms with E-state index >= 15 is 0 Å². The summed E-state index contributed by atoms with van der Waals surface area (Å²) < 4.78 is 51.9. The predicted octanol–water partition coefficient (Wildman–Crippen LogP) is 4.14. The normalized spacial score (nSPS) is 21.4. The highest BCUT2D eigenvalue weighted by atomic mass is 35.5. The minimum atomic E-state index is -3.50. The standard InChI is InChI=1S/C24H25ClF2N2O4S/c1-13-8-20(29(12-13)24(31)15-4-3-5-17(9-15)34(2,32)33)23(30)28-22(14-6-7-14)16-10-18(26)21(25)19(27)11-16/h3-5,9-11,13-14,20,22H,6-8,12H2,1-2H3,(H,28,30)/t13-,20-,22-/m1/s1. The lowest BCUT2D eigenvalue weighted by atomic mass is 10.0. The molecule has 0 bridgehead atoms. The zero-order valence-corrected chi connectivity index (χ0v) is 20.3.